The molecule has 58 heavy (non-hydrogen) atoms. The van der Waals surface area contributed by atoms with Gasteiger partial charge in [-0.05, 0) is 60.0 Å². The molecule has 1 aliphatic heterocycles. The molecule has 4 aromatic heterocycles. The second kappa shape index (κ2) is 17.5. The van der Waals surface area contributed by atoms with Crippen LogP contribution >= 0.6 is 11.3 Å². The third-order valence-corrected chi connectivity index (χ3v) is 10.2. The van der Waals surface area contributed by atoms with Crippen LogP contribution in [0.25, 0.3) is 17.8 Å². The van der Waals surface area contributed by atoms with Crippen LogP contribution in [0.5, 0.6) is 5.75 Å². The molecule has 1 aliphatic rings. The first-order valence-electron chi connectivity index (χ1n) is 18.8. The number of methoxy groups -OCH3 is 1. The van der Waals surface area contributed by atoms with Gasteiger partial charge >= 0.3 is 6.09 Å². The lowest BCUT2D eigenvalue weighted by molar-refractivity contribution is -0.881. The summed E-state index contributed by atoms with van der Waals surface area (Å²) in [5, 5.41) is 20.8. The van der Waals surface area contributed by atoms with Crippen molar-refractivity contribution in [3.63, 3.8) is 0 Å². The van der Waals surface area contributed by atoms with Gasteiger partial charge in [-0.15, -0.1) is 21.5 Å². The Kier molecular flexibility index (Phi) is 12.5. The van der Waals surface area contributed by atoms with E-state index >= 15 is 0 Å². The Morgan fingerprint density at radius 1 is 1.10 bits per heavy atom. The van der Waals surface area contributed by atoms with E-state index in [9.17, 15) is 19.2 Å². The number of pyridine rings is 1. The number of fused-ring (bicyclic) bond motifs is 1. The van der Waals surface area contributed by atoms with E-state index in [0.29, 0.717) is 53.5 Å². The molecule has 6 rings (SSSR count). The highest BCUT2D eigenvalue weighted by Gasteiger charge is 2.28. The summed E-state index contributed by atoms with van der Waals surface area (Å²) in [7, 11) is 5.30. The minimum atomic E-state index is -0.591. The summed E-state index contributed by atoms with van der Waals surface area (Å²) in [5.41, 5.74) is 7.40. The number of carbonyl (C=O) groups excluding carboxylic acids is 3. The number of nitrogens with one attached hydrogen (secondary N) is 2. The fourth-order valence-electron chi connectivity index (χ4n) is 6.34. The zero-order valence-electron chi connectivity index (χ0n) is 33.5. The summed E-state index contributed by atoms with van der Waals surface area (Å²) in [6.07, 6.45) is 4.87. The monoisotopic (exact) mass is 813 g/mol. The number of aromatic nitrogens is 7. The molecule has 5 aromatic rings. The number of alkyl carbamates (subject to hydrolysis) is 1. The molecule has 0 aliphatic carbocycles. The maximum absolute atomic E-state index is 14.2. The van der Waals surface area contributed by atoms with Crippen molar-refractivity contribution in [2.75, 3.05) is 64.1 Å². The molecule has 0 spiro atoms. The molecular weight excluding hydrogens is 765 g/mol. The number of benzene rings is 1. The molecule has 19 heteroatoms. The molecular formula is C39H49N12O6S+. The number of piperidine rings is 1. The number of amides is 3. The van der Waals surface area contributed by atoms with Crippen LogP contribution < -0.4 is 31.6 Å². The van der Waals surface area contributed by atoms with Gasteiger partial charge in [0.15, 0.2) is 17.5 Å². The maximum atomic E-state index is 14.2. The molecule has 1 aromatic carbocycles. The average Bonchev–Trinajstić information content (AvgIpc) is 3.84. The highest BCUT2D eigenvalue weighted by atomic mass is 32.1. The van der Waals surface area contributed by atoms with E-state index in [1.165, 1.54) is 26.7 Å². The summed E-state index contributed by atoms with van der Waals surface area (Å²) in [4.78, 5) is 64.7. The fourth-order valence-corrected chi connectivity index (χ4v) is 7.27. The second-order valence-corrected chi connectivity index (χ2v) is 16.6. The number of nitrogens with two attached hydrogens (primary N) is 1. The predicted octanol–water partition coefficient (Wildman–Crippen LogP) is 3.17. The molecule has 1 saturated heterocycles. The Labute approximate surface area is 339 Å². The number of anilines is 2. The van der Waals surface area contributed by atoms with Crippen molar-refractivity contribution in [2.24, 2.45) is 5.73 Å². The van der Waals surface area contributed by atoms with E-state index in [-0.39, 0.29) is 47.6 Å². The molecule has 4 N–H and O–H groups in total. The number of thiazole rings is 1. The predicted molar refractivity (Wildman–Crippen MR) is 220 cm³/mol. The molecule has 1 fully saturated rings. The first-order valence-corrected chi connectivity index (χ1v) is 19.7. The Bertz CT molecular complexity index is 2360. The van der Waals surface area contributed by atoms with Crippen molar-refractivity contribution < 1.29 is 28.3 Å². The largest absolute Gasteiger partial charge is 0.497 e. The summed E-state index contributed by atoms with van der Waals surface area (Å²) in [6, 6.07) is 10.6. The molecule has 0 radical (unpaired) electrons. The SMILES string of the molecule is COc1ccc(Cn2nnc(C=Cc3c(N4CCC[C@H](OC(=O)NCC[N+](C)(C)CC(N)=O)C4)nc4cc(C(=O)Nc5nc(C(C)(C)C)cs5)ccn4c3=O)n2)cc1. The molecule has 0 unspecified atom stereocenters. The maximum Gasteiger partial charge on any atom is 0.407 e. The second-order valence-electron chi connectivity index (χ2n) is 15.7. The summed E-state index contributed by atoms with van der Waals surface area (Å²) in [5.74, 6) is 0.542. The lowest BCUT2D eigenvalue weighted by Gasteiger charge is -2.34. The molecule has 1 atom stereocenters. The fraction of sp³-hybridized carbons (Fsp3) is 0.410. The zero-order valence-corrected chi connectivity index (χ0v) is 34.3. The van der Waals surface area contributed by atoms with Crippen LogP contribution in [-0.4, -0.2) is 117 Å². The number of quaternary nitrogens is 1. The number of primary amides is 1. The van der Waals surface area contributed by atoms with Crippen molar-refractivity contribution in [3.8, 4) is 5.75 Å². The molecule has 3 amide bonds. The van der Waals surface area contributed by atoms with Crippen molar-refractivity contribution in [1.82, 2.24) is 39.9 Å². The van der Waals surface area contributed by atoms with Gasteiger partial charge in [0.2, 0.25) is 0 Å². The standard InChI is InChI=1S/C39H48N12O6S/c1-39(2,3)30-24-58-37(42-30)44-35(53)26-15-18-49-33(20-26)43-34(48-17-7-8-28(22-48)57-38(55)41-16-19-51(4,5)23-31(40)52)29(36(49)54)13-14-32-45-47-50(46-32)21-25-9-11-27(56-6)12-10-25/h9-15,18,20,24,28H,7-8,16-17,19,21-23H2,1-6H3,(H3-,40,41,42,44,52,53,55)/p+1/t28-/m0/s1. The number of nitrogens with zero attached hydrogens (tertiary/aromatic N) is 9. The third kappa shape index (κ3) is 10.6. The van der Waals surface area contributed by atoms with E-state index in [4.69, 9.17) is 20.2 Å². The van der Waals surface area contributed by atoms with Crippen molar-refractivity contribution in [2.45, 2.75) is 51.7 Å². The van der Waals surface area contributed by atoms with E-state index in [2.05, 4.69) is 31.0 Å². The van der Waals surface area contributed by atoms with Crippen LogP contribution in [0.1, 0.15) is 66.6 Å². The minimum Gasteiger partial charge on any atom is -0.497 e. The van der Waals surface area contributed by atoms with Gasteiger partial charge < -0.3 is 29.9 Å². The van der Waals surface area contributed by atoms with Crippen LogP contribution in [0.2, 0.25) is 0 Å². The Balaban J connectivity index is 1.25. The van der Waals surface area contributed by atoms with Gasteiger partial charge in [-0.3, -0.25) is 24.1 Å². The number of carbonyl (C=O) groups is 3. The van der Waals surface area contributed by atoms with Gasteiger partial charge in [0.1, 0.15) is 23.3 Å². The summed E-state index contributed by atoms with van der Waals surface area (Å²) in [6.45, 7) is 8.20. The number of hydrogen-bond donors (Lipinski definition) is 3. The van der Waals surface area contributed by atoms with E-state index in [0.717, 1.165) is 17.0 Å². The van der Waals surface area contributed by atoms with Gasteiger partial charge in [-0.2, -0.15) is 4.80 Å². The third-order valence-electron chi connectivity index (χ3n) is 9.47. The average molecular weight is 814 g/mol. The lowest BCUT2D eigenvalue weighted by Crippen LogP contribution is -2.50. The first-order chi connectivity index (χ1) is 27.6. The zero-order chi connectivity index (χ0) is 41.6. The van der Waals surface area contributed by atoms with Crippen molar-refractivity contribution in [3.05, 3.63) is 86.5 Å². The van der Waals surface area contributed by atoms with Gasteiger partial charge in [0.05, 0.1) is 58.6 Å². The van der Waals surface area contributed by atoms with Gasteiger partial charge in [0, 0.05) is 29.1 Å². The van der Waals surface area contributed by atoms with Crippen molar-refractivity contribution in [1.29, 1.82) is 0 Å². The molecule has 5 heterocycles. The minimum absolute atomic E-state index is 0.137. The van der Waals surface area contributed by atoms with Crippen LogP contribution in [0.15, 0.2) is 52.8 Å². The number of tetrazole rings is 1. The molecule has 0 saturated carbocycles. The van der Waals surface area contributed by atoms with Crippen molar-refractivity contribution >= 4 is 58.0 Å². The van der Waals surface area contributed by atoms with E-state index in [1.807, 2.05) is 69.4 Å². The van der Waals surface area contributed by atoms with Crippen LogP contribution in [0.3, 0.4) is 0 Å². The van der Waals surface area contributed by atoms with Crippen LogP contribution in [-0.2, 0) is 21.5 Å². The normalized spacial score (nSPS) is 14.8. The van der Waals surface area contributed by atoms with Gasteiger partial charge in [0.25, 0.3) is 17.4 Å². The van der Waals surface area contributed by atoms with Gasteiger partial charge in [-0.25, -0.2) is 14.8 Å². The number of hydrogen-bond acceptors (Lipinski definition) is 13. The topological polar surface area (TPSA) is 214 Å². The highest BCUT2D eigenvalue weighted by Crippen LogP contribution is 2.27. The quantitative estimate of drug-likeness (QED) is 0.138. The van der Waals surface area contributed by atoms with Crippen LogP contribution in [0, 0.1) is 0 Å². The molecule has 0 bridgehead atoms. The lowest BCUT2D eigenvalue weighted by atomic mass is 9.93. The Morgan fingerprint density at radius 2 is 1.88 bits per heavy atom. The Morgan fingerprint density at radius 3 is 2.59 bits per heavy atom. The summed E-state index contributed by atoms with van der Waals surface area (Å²) < 4.78 is 12.7. The smallest absolute Gasteiger partial charge is 0.407 e. The molecule has 306 valence electrons. The first kappa shape index (κ1) is 41.4. The van der Waals surface area contributed by atoms with Gasteiger partial charge in [-0.1, -0.05) is 32.9 Å². The number of rotatable bonds is 14. The van der Waals surface area contributed by atoms with E-state index < -0.39 is 24.0 Å². The van der Waals surface area contributed by atoms with Crippen LogP contribution in [0.4, 0.5) is 15.7 Å². The highest BCUT2D eigenvalue weighted by molar-refractivity contribution is 7.14. The number of likely N-dealkylation sites (N-methyl/N-ethyl adjacent to an activating group) is 1. The number of ether oxygens (including phenoxy) is 2. The molecule has 18 nitrogen and oxygen atoms in total. The van der Waals surface area contributed by atoms with E-state index in [1.54, 1.807) is 31.4 Å². The summed E-state index contributed by atoms with van der Waals surface area (Å²) >= 11 is 1.34. The Hall–Kier alpha value is -6.21.